The van der Waals surface area contributed by atoms with Crippen molar-refractivity contribution in [1.82, 2.24) is 24.0 Å². The smallest absolute Gasteiger partial charge is 0.332 e. The van der Waals surface area contributed by atoms with Crippen LogP contribution in [0.3, 0.4) is 0 Å². The Hall–Kier alpha value is -2.76. The fourth-order valence-corrected chi connectivity index (χ4v) is 4.48. The number of imidazole rings is 1. The van der Waals surface area contributed by atoms with E-state index in [-0.39, 0.29) is 16.1 Å². The van der Waals surface area contributed by atoms with E-state index in [1.165, 1.54) is 15.2 Å². The average Bonchev–Trinajstić information content (AvgIpc) is 3.17. The lowest BCUT2D eigenvalue weighted by Gasteiger charge is -2.13. The number of aromatic amines is 1. The molecule has 3 aromatic rings. The van der Waals surface area contributed by atoms with E-state index in [0.29, 0.717) is 61.5 Å². The Morgan fingerprint density at radius 1 is 1.09 bits per heavy atom. The molecule has 0 bridgehead atoms. The molecule has 0 amide bonds. The molecule has 0 atom stereocenters. The van der Waals surface area contributed by atoms with Crippen LogP contribution in [0.4, 0.5) is 0 Å². The lowest BCUT2D eigenvalue weighted by Crippen LogP contribution is -2.40. The number of primary sulfonamides is 1. The third kappa shape index (κ3) is 4.69. The molecule has 11 heteroatoms. The van der Waals surface area contributed by atoms with E-state index in [4.69, 9.17) is 5.14 Å². The Morgan fingerprint density at radius 3 is 2.34 bits per heavy atom. The molecule has 0 unspecified atom stereocenters. The number of hydrogen-bond acceptors (Lipinski definition) is 6. The molecule has 0 aliphatic heterocycles. The molecule has 10 nitrogen and oxygen atoms in total. The van der Waals surface area contributed by atoms with Gasteiger partial charge in [0.15, 0.2) is 5.65 Å². The summed E-state index contributed by atoms with van der Waals surface area (Å²) >= 11 is 0. The van der Waals surface area contributed by atoms with Crippen molar-refractivity contribution in [2.45, 2.75) is 51.1 Å². The molecule has 0 aliphatic rings. The lowest BCUT2D eigenvalue weighted by atomic mass is 10.1. The van der Waals surface area contributed by atoms with Crippen molar-refractivity contribution in [3.63, 3.8) is 0 Å². The number of aromatic nitrogens is 4. The first kappa shape index (κ1) is 23.9. The Bertz CT molecular complexity index is 1350. The van der Waals surface area contributed by atoms with Crippen LogP contribution < -0.4 is 16.4 Å². The molecular weight excluding hydrogens is 432 g/mol. The maximum absolute atomic E-state index is 12.9. The van der Waals surface area contributed by atoms with E-state index in [0.717, 1.165) is 0 Å². The lowest BCUT2D eigenvalue weighted by molar-refractivity contribution is 0.412. The van der Waals surface area contributed by atoms with Crippen molar-refractivity contribution in [2.75, 3.05) is 20.6 Å². The van der Waals surface area contributed by atoms with Crippen LogP contribution in [0.15, 0.2) is 32.7 Å². The Labute approximate surface area is 186 Å². The fraction of sp³-hybridized carbons (Fsp3) is 0.476. The number of rotatable bonds is 9. The highest BCUT2D eigenvalue weighted by Crippen LogP contribution is 2.24. The number of sulfonamides is 1. The van der Waals surface area contributed by atoms with Gasteiger partial charge in [-0.1, -0.05) is 13.8 Å². The van der Waals surface area contributed by atoms with Crippen molar-refractivity contribution in [1.29, 1.82) is 0 Å². The molecular formula is C21H30N6O4S. The van der Waals surface area contributed by atoms with Crippen molar-refractivity contribution >= 4 is 21.2 Å². The van der Waals surface area contributed by atoms with Gasteiger partial charge in [0.05, 0.1) is 4.90 Å². The van der Waals surface area contributed by atoms with Gasteiger partial charge in [0.25, 0.3) is 5.56 Å². The van der Waals surface area contributed by atoms with Gasteiger partial charge < -0.3 is 9.88 Å². The summed E-state index contributed by atoms with van der Waals surface area (Å²) in [5.74, 6) is 0.391. The normalized spacial score (nSPS) is 12.2. The number of nitrogens with zero attached hydrogens (tertiary/aromatic N) is 4. The fourth-order valence-electron chi connectivity index (χ4n) is 3.69. The average molecular weight is 463 g/mol. The van der Waals surface area contributed by atoms with Crippen LogP contribution in [0.5, 0.6) is 0 Å². The monoisotopic (exact) mass is 462 g/mol. The maximum Gasteiger partial charge on any atom is 0.332 e. The van der Waals surface area contributed by atoms with Crippen LogP contribution >= 0.6 is 0 Å². The predicted molar refractivity (Wildman–Crippen MR) is 124 cm³/mol. The third-order valence-corrected chi connectivity index (χ3v) is 6.24. The van der Waals surface area contributed by atoms with E-state index in [2.05, 4.69) is 9.97 Å². The van der Waals surface area contributed by atoms with E-state index >= 15 is 0 Å². The molecule has 3 rings (SSSR count). The molecule has 0 saturated carbocycles. The molecule has 0 fully saturated rings. The second kappa shape index (κ2) is 9.39. The number of aryl methyl sites for hydroxylation is 1. The molecule has 2 heterocycles. The molecule has 3 N–H and O–H groups in total. The Kier molecular flexibility index (Phi) is 7.01. The van der Waals surface area contributed by atoms with Gasteiger partial charge in [-0.3, -0.25) is 13.9 Å². The number of nitrogens with one attached hydrogen (secondary N) is 1. The number of fused-ring (bicyclic) bond motifs is 1. The summed E-state index contributed by atoms with van der Waals surface area (Å²) in [6.45, 7) is 5.24. The summed E-state index contributed by atoms with van der Waals surface area (Å²) in [6.07, 6.45) is 1.83. The Balaban J connectivity index is 2.22. The zero-order valence-corrected chi connectivity index (χ0v) is 19.7. The molecule has 0 spiro atoms. The van der Waals surface area contributed by atoms with Gasteiger partial charge in [0, 0.05) is 25.2 Å². The van der Waals surface area contributed by atoms with Crippen molar-refractivity contribution < 1.29 is 8.42 Å². The van der Waals surface area contributed by atoms with Crippen LogP contribution in [0.25, 0.3) is 22.6 Å². The largest absolute Gasteiger partial charge is 0.332 e. The van der Waals surface area contributed by atoms with Gasteiger partial charge in [-0.2, -0.15) is 0 Å². The van der Waals surface area contributed by atoms with Crippen LogP contribution in [-0.2, 0) is 29.5 Å². The van der Waals surface area contributed by atoms with Gasteiger partial charge in [0.1, 0.15) is 11.3 Å². The summed E-state index contributed by atoms with van der Waals surface area (Å²) in [4.78, 5) is 35.4. The van der Waals surface area contributed by atoms with Crippen LogP contribution in [0.1, 0.15) is 32.3 Å². The first-order valence-corrected chi connectivity index (χ1v) is 12.2. The summed E-state index contributed by atoms with van der Waals surface area (Å²) in [5.41, 5.74) is 0.946. The van der Waals surface area contributed by atoms with Crippen LogP contribution in [-0.4, -0.2) is 53.1 Å². The third-order valence-electron chi connectivity index (χ3n) is 5.22. The number of nitrogens with two attached hydrogens (primary N) is 1. The first-order valence-electron chi connectivity index (χ1n) is 10.6. The molecule has 1 aromatic carbocycles. The minimum Gasteiger partial charge on any atom is -0.332 e. The van der Waals surface area contributed by atoms with Crippen molar-refractivity contribution in [2.24, 2.45) is 5.14 Å². The van der Waals surface area contributed by atoms with Gasteiger partial charge in [-0.05, 0) is 57.1 Å². The number of hydrogen-bond donors (Lipinski definition) is 2. The molecule has 0 radical (unpaired) electrons. The molecule has 0 saturated heterocycles. The molecule has 0 aliphatic carbocycles. The van der Waals surface area contributed by atoms with Gasteiger partial charge in [0.2, 0.25) is 10.0 Å². The summed E-state index contributed by atoms with van der Waals surface area (Å²) in [7, 11) is -0.0975. The van der Waals surface area contributed by atoms with Crippen molar-refractivity contribution in [3.05, 3.63) is 44.6 Å². The maximum atomic E-state index is 12.9. The van der Waals surface area contributed by atoms with E-state index in [1.54, 1.807) is 12.1 Å². The van der Waals surface area contributed by atoms with E-state index < -0.39 is 15.6 Å². The van der Waals surface area contributed by atoms with Gasteiger partial charge in [-0.15, -0.1) is 0 Å². The second-order valence-corrected chi connectivity index (χ2v) is 9.63. The Morgan fingerprint density at radius 2 is 1.75 bits per heavy atom. The minimum absolute atomic E-state index is 0.0624. The molecule has 2 aromatic heterocycles. The molecule has 174 valence electrons. The summed E-state index contributed by atoms with van der Waals surface area (Å²) < 4.78 is 26.8. The number of benzene rings is 1. The summed E-state index contributed by atoms with van der Waals surface area (Å²) in [6, 6.07) is 4.77. The zero-order chi connectivity index (χ0) is 23.6. The van der Waals surface area contributed by atoms with Crippen molar-refractivity contribution in [3.8, 4) is 11.4 Å². The van der Waals surface area contributed by atoms with E-state index in [9.17, 15) is 18.0 Å². The van der Waals surface area contributed by atoms with Gasteiger partial charge >= 0.3 is 5.69 Å². The highest BCUT2D eigenvalue weighted by Gasteiger charge is 2.20. The van der Waals surface area contributed by atoms with Crippen LogP contribution in [0, 0.1) is 0 Å². The predicted octanol–water partition coefficient (Wildman–Crippen LogP) is 1.12. The summed E-state index contributed by atoms with van der Waals surface area (Å²) in [5, 5.41) is 5.40. The van der Waals surface area contributed by atoms with Crippen LogP contribution in [0.2, 0.25) is 0 Å². The van der Waals surface area contributed by atoms with E-state index in [1.807, 2.05) is 32.8 Å². The highest BCUT2D eigenvalue weighted by molar-refractivity contribution is 7.89. The molecule has 32 heavy (non-hydrogen) atoms. The number of likely N-dealkylation sites (N-methyl/N-ethyl adjacent to an activating group) is 1. The van der Waals surface area contributed by atoms with Gasteiger partial charge in [-0.25, -0.2) is 23.3 Å². The zero-order valence-electron chi connectivity index (χ0n) is 18.9. The first-order chi connectivity index (χ1) is 15.1. The minimum atomic E-state index is -3.89. The second-order valence-electron chi connectivity index (χ2n) is 8.10. The number of H-pyrrole nitrogens is 1. The highest BCUT2D eigenvalue weighted by atomic mass is 32.2. The topological polar surface area (TPSA) is 136 Å². The standard InChI is InChI=1S/C21H30N6O4S/c1-5-10-26-19-17(20(28)27(11-6-2)21(26)29)23-18(24-19)15-7-8-16(32(22,30)31)14(13-15)9-12-25(3)4/h7-8,13H,5-6,9-12H2,1-4H3,(H,23,24)(H2,22,30,31). The SMILES string of the molecule is CCCn1c(=O)c2[nH]c(-c3ccc(S(N)(=O)=O)c(CCN(C)C)c3)nc2n(CCC)c1=O. The quantitative estimate of drug-likeness (QED) is 0.489.